The molecule has 0 aromatic carbocycles. The summed E-state index contributed by atoms with van der Waals surface area (Å²) in [6.07, 6.45) is 1.78. The Morgan fingerprint density at radius 2 is 2.29 bits per heavy atom. The molecular weight excluding hydrogens is 268 g/mol. The van der Waals surface area contributed by atoms with Crippen molar-refractivity contribution in [2.24, 2.45) is 5.92 Å². The molecule has 0 saturated carbocycles. The number of nitrogens with zero attached hydrogens (tertiary/aromatic N) is 3. The molecule has 6 heteroatoms. The molecule has 1 aromatic rings. The van der Waals surface area contributed by atoms with Gasteiger partial charge in [0.2, 0.25) is 0 Å². The third-order valence-corrected chi connectivity index (χ3v) is 4.25. The molecule has 21 heavy (non-hydrogen) atoms. The molecule has 0 aliphatic carbocycles. The highest BCUT2D eigenvalue weighted by Crippen LogP contribution is 2.22. The second-order valence-electron chi connectivity index (χ2n) is 6.32. The van der Waals surface area contributed by atoms with Gasteiger partial charge in [-0.05, 0) is 31.9 Å². The summed E-state index contributed by atoms with van der Waals surface area (Å²) in [5, 5.41) is 22.0. The Labute approximate surface area is 125 Å². The zero-order chi connectivity index (χ0) is 14.7. The quantitative estimate of drug-likeness (QED) is 0.816. The fraction of sp³-hybridized carbons (Fsp3) is 0.733. The summed E-state index contributed by atoms with van der Waals surface area (Å²) >= 11 is 0. The molecule has 1 atom stereocenters. The van der Waals surface area contributed by atoms with E-state index in [1.807, 2.05) is 19.1 Å². The Morgan fingerprint density at radius 1 is 1.43 bits per heavy atom. The van der Waals surface area contributed by atoms with Crippen LogP contribution >= 0.6 is 0 Å². The van der Waals surface area contributed by atoms with E-state index in [2.05, 4.69) is 20.4 Å². The number of aromatic nitrogens is 2. The Hall–Kier alpha value is -1.24. The highest BCUT2D eigenvalue weighted by atomic mass is 16.5. The number of nitrogens with one attached hydrogen (secondary N) is 1. The summed E-state index contributed by atoms with van der Waals surface area (Å²) in [7, 11) is 0. The third-order valence-electron chi connectivity index (χ3n) is 4.25. The molecule has 0 radical (unpaired) electrons. The lowest BCUT2D eigenvalue weighted by Gasteiger charge is -2.40. The predicted molar refractivity (Wildman–Crippen MR) is 80.3 cm³/mol. The van der Waals surface area contributed by atoms with Crippen molar-refractivity contribution in [2.75, 3.05) is 44.3 Å². The molecule has 2 saturated heterocycles. The van der Waals surface area contributed by atoms with Gasteiger partial charge in [0, 0.05) is 38.7 Å². The number of aryl methyl sites for hydroxylation is 1. The number of aliphatic hydroxyl groups is 1. The normalized spacial score (nSPS) is 26.7. The zero-order valence-electron chi connectivity index (χ0n) is 12.6. The predicted octanol–water partition coefficient (Wildman–Crippen LogP) is 0.352. The summed E-state index contributed by atoms with van der Waals surface area (Å²) in [6, 6.07) is 4.01. The first-order valence-electron chi connectivity index (χ1n) is 7.71. The summed E-state index contributed by atoms with van der Waals surface area (Å²) < 4.78 is 5.35. The maximum absolute atomic E-state index is 10.3. The topological polar surface area (TPSA) is 70.5 Å². The van der Waals surface area contributed by atoms with Gasteiger partial charge < -0.3 is 20.1 Å². The summed E-state index contributed by atoms with van der Waals surface area (Å²) in [4.78, 5) is 2.23. The van der Waals surface area contributed by atoms with E-state index >= 15 is 0 Å². The molecule has 116 valence electrons. The molecular formula is C15H24N4O2. The lowest BCUT2D eigenvalue weighted by Crippen LogP contribution is -2.54. The third kappa shape index (κ3) is 3.70. The Balaban J connectivity index is 1.36. The standard InChI is InChI=1S/C15H24N4O2/c1-12-3-4-14(18-17-12)19-8-13(9-19)7-16-10-15(20)5-2-6-21-11-15/h3-4,13,16,20H,2,5-11H2,1H3. The van der Waals surface area contributed by atoms with E-state index in [1.165, 1.54) is 0 Å². The second-order valence-corrected chi connectivity index (χ2v) is 6.32. The minimum absolute atomic E-state index is 0.454. The van der Waals surface area contributed by atoms with Crippen molar-refractivity contribution in [3.8, 4) is 0 Å². The van der Waals surface area contributed by atoms with Gasteiger partial charge in [-0.25, -0.2) is 0 Å². The van der Waals surface area contributed by atoms with Gasteiger partial charge in [-0.15, -0.1) is 5.10 Å². The van der Waals surface area contributed by atoms with Crippen molar-refractivity contribution in [2.45, 2.75) is 25.4 Å². The van der Waals surface area contributed by atoms with Crippen molar-refractivity contribution in [1.82, 2.24) is 15.5 Å². The summed E-state index contributed by atoms with van der Waals surface area (Å²) in [5.74, 6) is 1.57. The van der Waals surface area contributed by atoms with Crippen molar-refractivity contribution in [1.29, 1.82) is 0 Å². The smallest absolute Gasteiger partial charge is 0.151 e. The Morgan fingerprint density at radius 3 is 2.95 bits per heavy atom. The molecule has 0 spiro atoms. The van der Waals surface area contributed by atoms with Crippen LogP contribution in [0.25, 0.3) is 0 Å². The van der Waals surface area contributed by atoms with Crippen LogP contribution in [-0.2, 0) is 4.74 Å². The lowest BCUT2D eigenvalue weighted by molar-refractivity contribution is -0.0835. The van der Waals surface area contributed by atoms with Crippen LogP contribution in [0.15, 0.2) is 12.1 Å². The first kappa shape index (κ1) is 14.7. The van der Waals surface area contributed by atoms with Crippen LogP contribution in [0, 0.1) is 12.8 Å². The summed E-state index contributed by atoms with van der Waals surface area (Å²) in [5.41, 5.74) is 0.268. The maximum atomic E-state index is 10.3. The minimum atomic E-state index is -0.676. The highest BCUT2D eigenvalue weighted by Gasteiger charge is 2.31. The van der Waals surface area contributed by atoms with Crippen LogP contribution in [0.3, 0.4) is 0 Å². The molecule has 3 rings (SSSR count). The Kier molecular flexibility index (Phi) is 4.37. The van der Waals surface area contributed by atoms with Crippen molar-refractivity contribution < 1.29 is 9.84 Å². The van der Waals surface area contributed by atoms with Crippen LogP contribution in [0.1, 0.15) is 18.5 Å². The molecule has 2 fully saturated rings. The molecule has 2 N–H and O–H groups in total. The molecule has 3 heterocycles. The van der Waals surface area contributed by atoms with E-state index in [9.17, 15) is 5.11 Å². The van der Waals surface area contributed by atoms with Gasteiger partial charge in [0.15, 0.2) is 5.82 Å². The van der Waals surface area contributed by atoms with Crippen molar-refractivity contribution >= 4 is 5.82 Å². The number of hydrogen-bond donors (Lipinski definition) is 2. The Bertz CT molecular complexity index is 453. The van der Waals surface area contributed by atoms with E-state index in [0.717, 1.165) is 50.6 Å². The van der Waals surface area contributed by atoms with Crippen LogP contribution < -0.4 is 10.2 Å². The molecule has 0 amide bonds. The SMILES string of the molecule is Cc1ccc(N2CC(CNCC3(O)CCCOC3)C2)nn1. The largest absolute Gasteiger partial charge is 0.386 e. The maximum Gasteiger partial charge on any atom is 0.151 e. The van der Waals surface area contributed by atoms with Crippen molar-refractivity contribution in [3.63, 3.8) is 0 Å². The van der Waals surface area contributed by atoms with E-state index in [4.69, 9.17) is 4.74 Å². The molecule has 0 bridgehead atoms. The van der Waals surface area contributed by atoms with E-state index in [1.54, 1.807) is 0 Å². The van der Waals surface area contributed by atoms with Gasteiger partial charge in [0.1, 0.15) is 5.60 Å². The fourth-order valence-electron chi connectivity index (χ4n) is 2.93. The number of hydrogen-bond acceptors (Lipinski definition) is 6. The minimum Gasteiger partial charge on any atom is -0.386 e. The average Bonchev–Trinajstić information content (AvgIpc) is 2.43. The van der Waals surface area contributed by atoms with Gasteiger partial charge in [-0.2, -0.15) is 5.10 Å². The van der Waals surface area contributed by atoms with Crippen LogP contribution in [0.4, 0.5) is 5.82 Å². The summed E-state index contributed by atoms with van der Waals surface area (Å²) in [6.45, 7) is 6.72. The van der Waals surface area contributed by atoms with E-state index < -0.39 is 5.60 Å². The number of anilines is 1. The van der Waals surface area contributed by atoms with Crippen LogP contribution in [0.5, 0.6) is 0 Å². The molecule has 2 aliphatic rings. The number of rotatable bonds is 5. The van der Waals surface area contributed by atoms with Gasteiger partial charge >= 0.3 is 0 Å². The number of ether oxygens (including phenoxy) is 1. The second kappa shape index (κ2) is 6.25. The monoisotopic (exact) mass is 292 g/mol. The van der Waals surface area contributed by atoms with Gasteiger partial charge in [-0.3, -0.25) is 0 Å². The van der Waals surface area contributed by atoms with E-state index in [0.29, 0.717) is 19.1 Å². The van der Waals surface area contributed by atoms with Gasteiger partial charge in [-0.1, -0.05) is 0 Å². The molecule has 6 nitrogen and oxygen atoms in total. The molecule has 1 unspecified atom stereocenters. The first-order valence-corrected chi connectivity index (χ1v) is 7.71. The van der Waals surface area contributed by atoms with E-state index in [-0.39, 0.29) is 0 Å². The van der Waals surface area contributed by atoms with Gasteiger partial charge in [0.05, 0.1) is 12.3 Å². The first-order chi connectivity index (χ1) is 10.1. The molecule has 1 aromatic heterocycles. The molecule has 2 aliphatic heterocycles. The highest BCUT2D eigenvalue weighted by molar-refractivity contribution is 5.40. The van der Waals surface area contributed by atoms with Crippen molar-refractivity contribution in [3.05, 3.63) is 17.8 Å². The lowest BCUT2D eigenvalue weighted by atomic mass is 9.95. The zero-order valence-corrected chi connectivity index (χ0v) is 12.6. The average molecular weight is 292 g/mol. The van der Waals surface area contributed by atoms with Crippen LogP contribution in [-0.4, -0.2) is 60.3 Å². The van der Waals surface area contributed by atoms with Gasteiger partial charge in [0.25, 0.3) is 0 Å². The fourth-order valence-corrected chi connectivity index (χ4v) is 2.93. The van der Waals surface area contributed by atoms with Crippen LogP contribution in [0.2, 0.25) is 0 Å².